The standard InChI is InChI=1S/C20H17F3N4O7/c1-12-14(24-7-6-17(12)33-11-20(21,22)23)10-16(28)18-25-13-4-2-3-5-15(13)26(18)19(29)32-8-9-34-27(30)31/h2-7H,8-11H2,1H3. The summed E-state index contributed by atoms with van der Waals surface area (Å²) in [7, 11) is 0. The first-order chi connectivity index (χ1) is 16.1. The van der Waals surface area contributed by atoms with Crippen LogP contribution in [0.3, 0.4) is 0 Å². The molecule has 0 N–H and O–H groups in total. The summed E-state index contributed by atoms with van der Waals surface area (Å²) in [6.07, 6.45) is -4.75. The van der Waals surface area contributed by atoms with E-state index in [0.717, 1.165) is 4.57 Å². The van der Waals surface area contributed by atoms with E-state index in [1.165, 1.54) is 25.3 Å². The molecule has 3 rings (SSSR count). The lowest BCUT2D eigenvalue weighted by Gasteiger charge is -2.13. The van der Waals surface area contributed by atoms with Crippen molar-refractivity contribution in [1.29, 1.82) is 0 Å². The van der Waals surface area contributed by atoms with Crippen molar-refractivity contribution in [3.63, 3.8) is 0 Å². The van der Waals surface area contributed by atoms with Gasteiger partial charge in [0.15, 0.2) is 12.4 Å². The fraction of sp³-hybridized carbons (Fsp3) is 0.300. The number of ether oxygens (including phenoxy) is 2. The molecular formula is C20H17F3N4O7. The second-order valence-corrected chi connectivity index (χ2v) is 6.82. The van der Waals surface area contributed by atoms with Gasteiger partial charge in [-0.05, 0) is 25.1 Å². The number of fused-ring (bicyclic) bond motifs is 1. The van der Waals surface area contributed by atoms with Gasteiger partial charge in [0.05, 0.1) is 23.1 Å². The smallest absolute Gasteiger partial charge is 0.422 e. The van der Waals surface area contributed by atoms with Gasteiger partial charge in [-0.2, -0.15) is 13.2 Å². The predicted molar refractivity (Wildman–Crippen MR) is 108 cm³/mol. The van der Waals surface area contributed by atoms with Gasteiger partial charge in [0.1, 0.15) is 19.0 Å². The second-order valence-electron chi connectivity index (χ2n) is 6.82. The van der Waals surface area contributed by atoms with Gasteiger partial charge >= 0.3 is 12.3 Å². The molecule has 14 heteroatoms. The molecule has 0 radical (unpaired) electrons. The molecule has 2 heterocycles. The van der Waals surface area contributed by atoms with Gasteiger partial charge in [-0.15, -0.1) is 10.1 Å². The van der Waals surface area contributed by atoms with Gasteiger partial charge in [-0.25, -0.2) is 14.3 Å². The Morgan fingerprint density at radius 1 is 1.18 bits per heavy atom. The number of halogens is 3. The Labute approximate surface area is 189 Å². The molecule has 0 saturated carbocycles. The van der Waals surface area contributed by atoms with E-state index < -0.39 is 49.4 Å². The highest BCUT2D eigenvalue weighted by Gasteiger charge is 2.29. The van der Waals surface area contributed by atoms with E-state index in [1.807, 2.05) is 0 Å². The quantitative estimate of drug-likeness (QED) is 0.195. The van der Waals surface area contributed by atoms with Crippen LogP contribution in [0.15, 0.2) is 36.5 Å². The van der Waals surface area contributed by atoms with Crippen LogP contribution in [0.5, 0.6) is 5.75 Å². The minimum atomic E-state index is -4.54. The molecule has 0 unspecified atom stereocenters. The van der Waals surface area contributed by atoms with Crippen molar-refractivity contribution in [3.8, 4) is 5.75 Å². The molecule has 0 bridgehead atoms. The Morgan fingerprint density at radius 2 is 1.91 bits per heavy atom. The Morgan fingerprint density at radius 3 is 2.62 bits per heavy atom. The zero-order valence-corrected chi connectivity index (χ0v) is 17.6. The fourth-order valence-electron chi connectivity index (χ4n) is 2.99. The van der Waals surface area contributed by atoms with Crippen LogP contribution in [-0.4, -0.2) is 57.5 Å². The number of pyridine rings is 1. The number of para-hydroxylation sites is 2. The lowest BCUT2D eigenvalue weighted by Crippen LogP contribution is -2.23. The molecule has 1 aromatic carbocycles. The summed E-state index contributed by atoms with van der Waals surface area (Å²) in [6, 6.07) is 7.56. The van der Waals surface area contributed by atoms with Gasteiger partial charge < -0.3 is 14.3 Å². The van der Waals surface area contributed by atoms with Crippen LogP contribution in [-0.2, 0) is 16.0 Å². The van der Waals surface area contributed by atoms with E-state index >= 15 is 0 Å². The predicted octanol–water partition coefficient (Wildman–Crippen LogP) is 3.30. The molecule has 11 nitrogen and oxygen atoms in total. The van der Waals surface area contributed by atoms with E-state index in [-0.39, 0.29) is 28.3 Å². The average Bonchev–Trinajstić information content (AvgIpc) is 3.16. The molecule has 2 aromatic heterocycles. The monoisotopic (exact) mass is 482 g/mol. The first-order valence-electron chi connectivity index (χ1n) is 9.66. The van der Waals surface area contributed by atoms with Crippen LogP contribution in [0.2, 0.25) is 0 Å². The van der Waals surface area contributed by atoms with E-state index in [2.05, 4.69) is 14.8 Å². The van der Waals surface area contributed by atoms with Crippen LogP contribution in [0.1, 0.15) is 21.9 Å². The van der Waals surface area contributed by atoms with Crippen molar-refractivity contribution >= 4 is 22.9 Å². The average molecular weight is 482 g/mol. The second kappa shape index (κ2) is 10.1. The van der Waals surface area contributed by atoms with E-state index in [0.29, 0.717) is 5.52 Å². The lowest BCUT2D eigenvalue weighted by molar-refractivity contribution is -0.757. The number of imidazole rings is 1. The van der Waals surface area contributed by atoms with Crippen LogP contribution in [0.4, 0.5) is 18.0 Å². The number of Topliss-reactive ketones (excluding diaryl/α,β-unsaturated/α-hetero) is 1. The topological polar surface area (TPSA) is 136 Å². The largest absolute Gasteiger partial charge is 0.484 e. The van der Waals surface area contributed by atoms with E-state index in [4.69, 9.17) is 9.47 Å². The van der Waals surface area contributed by atoms with Crippen molar-refractivity contribution < 1.29 is 42.2 Å². The van der Waals surface area contributed by atoms with Crippen molar-refractivity contribution in [2.75, 3.05) is 19.8 Å². The molecule has 3 aromatic rings. The molecule has 0 fully saturated rings. The fourth-order valence-corrected chi connectivity index (χ4v) is 2.99. The summed E-state index contributed by atoms with van der Waals surface area (Å²) < 4.78 is 48.1. The maximum absolute atomic E-state index is 13.0. The van der Waals surface area contributed by atoms with Gasteiger partial charge in [-0.3, -0.25) is 9.78 Å². The molecular weight excluding hydrogens is 465 g/mol. The maximum Gasteiger partial charge on any atom is 0.422 e. The third-order valence-corrected chi connectivity index (χ3v) is 4.48. The van der Waals surface area contributed by atoms with E-state index in [1.54, 1.807) is 18.2 Å². The van der Waals surface area contributed by atoms with Crippen LogP contribution < -0.4 is 4.74 Å². The highest BCUT2D eigenvalue weighted by Crippen LogP contribution is 2.24. The SMILES string of the molecule is Cc1c(OCC(F)(F)F)ccnc1CC(=O)c1nc2ccccc2n1C(=O)OCCO[N+](=O)[O-]. The highest BCUT2D eigenvalue weighted by atomic mass is 19.4. The number of hydrogen-bond acceptors (Lipinski definition) is 9. The van der Waals surface area contributed by atoms with Gasteiger partial charge in [0, 0.05) is 11.8 Å². The number of benzene rings is 1. The van der Waals surface area contributed by atoms with E-state index in [9.17, 15) is 32.9 Å². The number of carbonyl (C=O) groups is 2. The summed E-state index contributed by atoms with van der Waals surface area (Å²) in [5.41, 5.74) is 0.910. The normalized spacial score (nSPS) is 11.3. The number of carbonyl (C=O) groups excluding carboxylic acids is 2. The minimum absolute atomic E-state index is 0.0890. The minimum Gasteiger partial charge on any atom is -0.484 e. The van der Waals surface area contributed by atoms with Gasteiger partial charge in [-0.1, -0.05) is 12.1 Å². The number of hydrogen-bond donors (Lipinski definition) is 0. The zero-order chi connectivity index (χ0) is 24.9. The summed E-state index contributed by atoms with van der Waals surface area (Å²) in [5, 5.41) is 9.17. The molecule has 0 atom stereocenters. The van der Waals surface area contributed by atoms with Crippen molar-refractivity contribution in [1.82, 2.24) is 14.5 Å². The van der Waals surface area contributed by atoms with Crippen LogP contribution in [0, 0.1) is 17.0 Å². The molecule has 0 aliphatic heterocycles. The first-order valence-corrected chi connectivity index (χ1v) is 9.66. The third-order valence-electron chi connectivity index (χ3n) is 4.48. The molecule has 180 valence electrons. The molecule has 34 heavy (non-hydrogen) atoms. The number of rotatable bonds is 9. The Hall–Kier alpha value is -4.23. The lowest BCUT2D eigenvalue weighted by atomic mass is 10.1. The highest BCUT2D eigenvalue weighted by molar-refractivity contribution is 6.02. The molecule has 0 spiro atoms. The maximum atomic E-state index is 13.0. The number of ketones is 1. The zero-order valence-electron chi connectivity index (χ0n) is 17.6. The molecule has 0 aliphatic rings. The summed E-state index contributed by atoms with van der Waals surface area (Å²) >= 11 is 0. The summed E-state index contributed by atoms with van der Waals surface area (Å²) in [5.74, 6) is -1.06. The Bertz CT molecular complexity index is 1230. The number of aromatic nitrogens is 3. The van der Waals surface area contributed by atoms with Crippen LogP contribution >= 0.6 is 0 Å². The third kappa shape index (κ3) is 5.96. The van der Waals surface area contributed by atoms with Crippen LogP contribution in [0.25, 0.3) is 11.0 Å². The Kier molecular flexibility index (Phi) is 7.28. The number of alkyl halides is 3. The van der Waals surface area contributed by atoms with Crippen molar-refractivity contribution in [2.45, 2.75) is 19.5 Å². The van der Waals surface area contributed by atoms with Gasteiger partial charge in [0.25, 0.3) is 5.09 Å². The molecule has 0 amide bonds. The first kappa shape index (κ1) is 24.4. The van der Waals surface area contributed by atoms with Crippen molar-refractivity contribution in [3.05, 3.63) is 63.7 Å². The Balaban J connectivity index is 1.85. The number of nitrogens with zero attached hydrogens (tertiary/aromatic N) is 4. The van der Waals surface area contributed by atoms with Gasteiger partial charge in [0.2, 0.25) is 5.78 Å². The van der Waals surface area contributed by atoms with Crippen molar-refractivity contribution in [2.24, 2.45) is 0 Å². The summed E-state index contributed by atoms with van der Waals surface area (Å²) in [4.78, 5) is 48.2. The molecule has 0 aliphatic carbocycles. The molecule has 0 saturated heterocycles. The summed E-state index contributed by atoms with van der Waals surface area (Å²) in [6.45, 7) is -1.03.